The molecule has 16 heavy (non-hydrogen) atoms. The van der Waals surface area contributed by atoms with Crippen LogP contribution in [-0.4, -0.2) is 30.2 Å². The van der Waals surface area contributed by atoms with Crippen LogP contribution in [0, 0.1) is 0 Å². The molecule has 3 N–H and O–H groups in total. The number of rotatable bonds is 3. The Labute approximate surface area is 94.7 Å². The van der Waals surface area contributed by atoms with Crippen molar-refractivity contribution in [2.24, 2.45) is 5.73 Å². The van der Waals surface area contributed by atoms with Crippen LogP contribution < -0.4 is 10.6 Å². The molecule has 4 heteroatoms. The van der Waals surface area contributed by atoms with Crippen molar-refractivity contribution < 1.29 is 9.90 Å². The summed E-state index contributed by atoms with van der Waals surface area (Å²) in [5.41, 5.74) is 7.00. The molecule has 1 unspecified atom stereocenters. The van der Waals surface area contributed by atoms with Gasteiger partial charge in [0.15, 0.2) is 0 Å². The van der Waals surface area contributed by atoms with Gasteiger partial charge in [-0.1, -0.05) is 6.07 Å². The number of carboxylic acids is 1. The fraction of sp³-hybridized carbons (Fsp3) is 0.417. The number of anilines is 1. The second-order valence-electron chi connectivity index (χ2n) is 4.08. The molecular weight excluding hydrogens is 204 g/mol. The summed E-state index contributed by atoms with van der Waals surface area (Å²) >= 11 is 0. The van der Waals surface area contributed by atoms with Gasteiger partial charge in [0.2, 0.25) is 0 Å². The van der Waals surface area contributed by atoms with Gasteiger partial charge >= 0.3 is 5.97 Å². The smallest absolute Gasteiger partial charge is 0.335 e. The molecular formula is C12H16N2O2. The number of hydrogen-bond acceptors (Lipinski definition) is 3. The predicted octanol–water partition coefficient (Wildman–Crippen LogP) is 1.31. The molecule has 0 saturated carbocycles. The fourth-order valence-electron chi connectivity index (χ4n) is 2.24. The zero-order valence-corrected chi connectivity index (χ0v) is 9.10. The minimum Gasteiger partial charge on any atom is -0.478 e. The quantitative estimate of drug-likeness (QED) is 0.806. The number of benzene rings is 1. The lowest BCUT2D eigenvalue weighted by Gasteiger charge is -2.25. The highest BCUT2D eigenvalue weighted by atomic mass is 16.4. The van der Waals surface area contributed by atoms with Crippen molar-refractivity contribution >= 4 is 11.7 Å². The minimum absolute atomic E-state index is 0.333. The third-order valence-electron chi connectivity index (χ3n) is 3.07. The van der Waals surface area contributed by atoms with E-state index in [2.05, 4.69) is 4.90 Å². The first-order valence-corrected chi connectivity index (χ1v) is 5.52. The summed E-state index contributed by atoms with van der Waals surface area (Å²) in [6.07, 6.45) is 2.22. The van der Waals surface area contributed by atoms with Gasteiger partial charge in [-0.2, -0.15) is 0 Å². The number of aromatic carboxylic acids is 1. The van der Waals surface area contributed by atoms with E-state index in [1.54, 1.807) is 18.2 Å². The maximum atomic E-state index is 10.9. The fourth-order valence-corrected chi connectivity index (χ4v) is 2.24. The van der Waals surface area contributed by atoms with Crippen LogP contribution in [0.5, 0.6) is 0 Å². The minimum atomic E-state index is -0.884. The van der Waals surface area contributed by atoms with Gasteiger partial charge in [0.1, 0.15) is 0 Å². The number of nitrogens with two attached hydrogens (primary N) is 1. The van der Waals surface area contributed by atoms with E-state index >= 15 is 0 Å². The first kappa shape index (κ1) is 11.0. The molecule has 0 spiro atoms. The van der Waals surface area contributed by atoms with Crippen LogP contribution >= 0.6 is 0 Å². The van der Waals surface area contributed by atoms with Gasteiger partial charge in [0.25, 0.3) is 0 Å². The second-order valence-corrected chi connectivity index (χ2v) is 4.08. The third kappa shape index (κ3) is 2.02. The van der Waals surface area contributed by atoms with Crippen LogP contribution in [0.25, 0.3) is 0 Å². The van der Waals surface area contributed by atoms with Crippen molar-refractivity contribution in [3.63, 3.8) is 0 Å². The monoisotopic (exact) mass is 220 g/mol. The molecule has 86 valence electrons. The van der Waals surface area contributed by atoms with Gasteiger partial charge in [-0.25, -0.2) is 4.79 Å². The molecule has 1 aromatic carbocycles. The second kappa shape index (κ2) is 4.53. The molecule has 1 atom stereocenters. The third-order valence-corrected chi connectivity index (χ3v) is 3.07. The van der Waals surface area contributed by atoms with E-state index in [1.807, 2.05) is 6.07 Å². The maximum Gasteiger partial charge on any atom is 0.335 e. The van der Waals surface area contributed by atoms with E-state index in [1.165, 1.54) is 0 Å². The zero-order valence-electron chi connectivity index (χ0n) is 9.10. The summed E-state index contributed by atoms with van der Waals surface area (Å²) in [6.45, 7) is 1.59. The molecule has 1 aromatic rings. The van der Waals surface area contributed by atoms with E-state index in [-0.39, 0.29) is 0 Å². The van der Waals surface area contributed by atoms with Crippen molar-refractivity contribution in [2.75, 3.05) is 18.0 Å². The Bertz CT molecular complexity index is 392. The highest BCUT2D eigenvalue weighted by Gasteiger charge is 2.23. The molecule has 2 rings (SSSR count). The molecule has 0 amide bonds. The van der Waals surface area contributed by atoms with E-state index < -0.39 is 5.97 Å². The van der Waals surface area contributed by atoms with E-state index in [9.17, 15) is 4.79 Å². The molecule has 0 aliphatic carbocycles. The topological polar surface area (TPSA) is 66.6 Å². The van der Waals surface area contributed by atoms with Crippen molar-refractivity contribution in [1.29, 1.82) is 0 Å². The molecule has 0 aromatic heterocycles. The van der Waals surface area contributed by atoms with Gasteiger partial charge in [-0.15, -0.1) is 0 Å². The van der Waals surface area contributed by atoms with E-state index in [0.29, 0.717) is 18.2 Å². The van der Waals surface area contributed by atoms with Gasteiger partial charge in [-0.05, 0) is 31.0 Å². The van der Waals surface area contributed by atoms with Crippen LogP contribution in [0.15, 0.2) is 24.3 Å². The lowest BCUT2D eigenvalue weighted by atomic mass is 10.1. The molecule has 1 heterocycles. The Hall–Kier alpha value is -1.55. The van der Waals surface area contributed by atoms with Crippen LogP contribution in [0.4, 0.5) is 5.69 Å². The molecule has 1 saturated heterocycles. The number of nitrogens with zero attached hydrogens (tertiary/aromatic N) is 1. The summed E-state index contributed by atoms with van der Waals surface area (Å²) in [6, 6.07) is 7.41. The Morgan fingerprint density at radius 3 is 3.06 bits per heavy atom. The summed E-state index contributed by atoms with van der Waals surface area (Å²) in [7, 11) is 0. The van der Waals surface area contributed by atoms with E-state index in [4.69, 9.17) is 10.8 Å². The number of hydrogen-bond donors (Lipinski definition) is 2. The lowest BCUT2D eigenvalue weighted by molar-refractivity contribution is 0.0697. The summed E-state index contributed by atoms with van der Waals surface area (Å²) in [5.74, 6) is -0.884. The maximum absolute atomic E-state index is 10.9. The molecule has 4 nitrogen and oxygen atoms in total. The van der Waals surface area contributed by atoms with Gasteiger partial charge < -0.3 is 15.7 Å². The molecule has 1 aliphatic rings. The average Bonchev–Trinajstić information content (AvgIpc) is 2.77. The Morgan fingerprint density at radius 2 is 2.38 bits per heavy atom. The Morgan fingerprint density at radius 1 is 1.56 bits per heavy atom. The summed E-state index contributed by atoms with van der Waals surface area (Å²) in [5, 5.41) is 8.93. The van der Waals surface area contributed by atoms with Gasteiger partial charge in [0, 0.05) is 24.8 Å². The molecule has 1 fully saturated rings. The highest BCUT2D eigenvalue weighted by Crippen LogP contribution is 2.25. The first-order valence-electron chi connectivity index (χ1n) is 5.52. The summed E-state index contributed by atoms with van der Waals surface area (Å²) < 4.78 is 0. The normalized spacial score (nSPS) is 20.1. The van der Waals surface area contributed by atoms with Crippen molar-refractivity contribution in [2.45, 2.75) is 18.9 Å². The van der Waals surface area contributed by atoms with E-state index in [0.717, 1.165) is 25.1 Å². The average molecular weight is 220 g/mol. The highest BCUT2D eigenvalue weighted by molar-refractivity contribution is 5.88. The Balaban J connectivity index is 2.26. The zero-order chi connectivity index (χ0) is 11.5. The first-order chi connectivity index (χ1) is 7.72. The lowest BCUT2D eigenvalue weighted by Crippen LogP contribution is -2.35. The molecule has 1 aliphatic heterocycles. The summed E-state index contributed by atoms with van der Waals surface area (Å²) in [4.78, 5) is 13.1. The van der Waals surface area contributed by atoms with Crippen molar-refractivity contribution in [3.8, 4) is 0 Å². The van der Waals surface area contributed by atoms with Crippen LogP contribution in [0.2, 0.25) is 0 Å². The molecule has 0 bridgehead atoms. The van der Waals surface area contributed by atoms with Gasteiger partial charge in [0.05, 0.1) is 5.56 Å². The molecule has 0 radical (unpaired) electrons. The van der Waals surface area contributed by atoms with Crippen molar-refractivity contribution in [1.82, 2.24) is 0 Å². The largest absolute Gasteiger partial charge is 0.478 e. The van der Waals surface area contributed by atoms with Crippen LogP contribution in [0.3, 0.4) is 0 Å². The number of carboxylic acid groups (broad SMARTS) is 1. The standard InChI is InChI=1S/C12H16N2O2/c13-8-11-5-2-6-14(11)10-4-1-3-9(7-10)12(15)16/h1,3-4,7,11H,2,5-6,8,13H2,(H,15,16). The predicted molar refractivity (Wildman–Crippen MR) is 62.8 cm³/mol. The van der Waals surface area contributed by atoms with Crippen LogP contribution in [0.1, 0.15) is 23.2 Å². The Kier molecular flexibility index (Phi) is 3.10. The van der Waals surface area contributed by atoms with Crippen molar-refractivity contribution in [3.05, 3.63) is 29.8 Å². The van der Waals surface area contributed by atoms with Gasteiger partial charge in [-0.3, -0.25) is 0 Å². The number of carbonyl (C=O) groups is 1. The van der Waals surface area contributed by atoms with Crippen LogP contribution in [-0.2, 0) is 0 Å². The SMILES string of the molecule is NCC1CCCN1c1cccc(C(=O)O)c1.